The van der Waals surface area contributed by atoms with Crippen molar-refractivity contribution in [3.8, 4) is 0 Å². The maximum Gasteiger partial charge on any atom is 0.252 e. The minimum absolute atomic E-state index is 0.101. The highest BCUT2D eigenvalue weighted by Gasteiger charge is 2.36. The second-order valence-corrected chi connectivity index (χ2v) is 9.11. The Balaban J connectivity index is 1.69. The minimum atomic E-state index is -3.39. The normalized spacial score (nSPS) is 25.5. The van der Waals surface area contributed by atoms with E-state index in [4.69, 9.17) is 5.11 Å². The van der Waals surface area contributed by atoms with Gasteiger partial charge in [0.05, 0.1) is 6.61 Å². The van der Waals surface area contributed by atoms with E-state index in [1.54, 1.807) is 16.4 Å². The molecule has 0 bridgehead atoms. The van der Waals surface area contributed by atoms with Crippen molar-refractivity contribution in [2.24, 2.45) is 0 Å². The molecule has 0 spiro atoms. The molecule has 2 fully saturated rings. The van der Waals surface area contributed by atoms with Gasteiger partial charge in [-0.1, -0.05) is 6.42 Å². The highest BCUT2D eigenvalue weighted by atomic mass is 32.2. The maximum atomic E-state index is 12.6. The molecule has 0 amide bonds. The lowest BCUT2D eigenvalue weighted by Crippen LogP contribution is -2.41. The summed E-state index contributed by atoms with van der Waals surface area (Å²) in [6.07, 6.45) is 4.68. The van der Waals surface area contributed by atoms with Gasteiger partial charge in [0.25, 0.3) is 10.0 Å². The van der Waals surface area contributed by atoms with Gasteiger partial charge >= 0.3 is 0 Å². The Morgan fingerprint density at radius 3 is 2.62 bits per heavy atom. The zero-order valence-corrected chi connectivity index (χ0v) is 13.7. The molecule has 118 valence electrons. The van der Waals surface area contributed by atoms with Gasteiger partial charge in [0.15, 0.2) is 0 Å². The average molecular weight is 330 g/mol. The molecule has 1 N–H and O–H groups in total. The van der Waals surface area contributed by atoms with Crippen molar-refractivity contribution >= 4 is 21.4 Å². The molecule has 1 aromatic rings. The van der Waals surface area contributed by atoms with E-state index in [0.717, 1.165) is 19.5 Å². The molecule has 0 saturated carbocycles. The number of aliphatic hydroxyl groups is 1. The molecule has 0 radical (unpaired) electrons. The van der Waals surface area contributed by atoms with Gasteiger partial charge in [0.1, 0.15) is 4.21 Å². The molecule has 3 heterocycles. The molecule has 2 aliphatic heterocycles. The van der Waals surface area contributed by atoms with Crippen molar-refractivity contribution in [3.63, 3.8) is 0 Å². The predicted molar refractivity (Wildman–Crippen MR) is 82.8 cm³/mol. The van der Waals surface area contributed by atoms with Crippen LogP contribution >= 0.6 is 11.3 Å². The zero-order valence-electron chi connectivity index (χ0n) is 12.1. The van der Waals surface area contributed by atoms with E-state index in [1.165, 1.54) is 30.6 Å². The van der Waals surface area contributed by atoms with Gasteiger partial charge in [-0.3, -0.25) is 4.90 Å². The summed E-state index contributed by atoms with van der Waals surface area (Å²) in [7, 11) is -3.39. The molecule has 5 nitrogen and oxygen atoms in total. The molecule has 0 aromatic carbocycles. The Kier molecular flexibility index (Phi) is 4.66. The van der Waals surface area contributed by atoms with Gasteiger partial charge in [0, 0.05) is 24.0 Å². The maximum absolute atomic E-state index is 12.6. The van der Waals surface area contributed by atoms with Crippen LogP contribution in [0.15, 0.2) is 16.3 Å². The van der Waals surface area contributed by atoms with Crippen molar-refractivity contribution in [2.45, 2.75) is 42.5 Å². The van der Waals surface area contributed by atoms with Crippen molar-refractivity contribution in [2.75, 3.05) is 26.2 Å². The summed E-state index contributed by atoms with van der Waals surface area (Å²) in [5, 5.41) is 9.09. The zero-order chi connectivity index (χ0) is 14.9. The summed E-state index contributed by atoms with van der Waals surface area (Å²) < 4.78 is 27.2. The van der Waals surface area contributed by atoms with E-state index in [-0.39, 0.29) is 6.61 Å². The SMILES string of the molecule is O=S(=O)(c1ccc(CO)s1)N1CCC(N2CCCCC2)C1. The van der Waals surface area contributed by atoms with Crippen LogP contribution in [0.4, 0.5) is 0 Å². The Hall–Kier alpha value is -0.470. The van der Waals surface area contributed by atoms with Crippen LogP contribution < -0.4 is 0 Å². The first-order chi connectivity index (χ1) is 10.1. The predicted octanol–water partition coefficient (Wildman–Crippen LogP) is 1.49. The van der Waals surface area contributed by atoms with E-state index in [0.29, 0.717) is 28.2 Å². The van der Waals surface area contributed by atoms with E-state index in [9.17, 15) is 8.42 Å². The number of piperidine rings is 1. The number of hydrogen-bond acceptors (Lipinski definition) is 5. The lowest BCUT2D eigenvalue weighted by Gasteiger charge is -2.32. The largest absolute Gasteiger partial charge is 0.391 e. The summed E-state index contributed by atoms with van der Waals surface area (Å²) in [6, 6.07) is 3.67. The summed E-state index contributed by atoms with van der Waals surface area (Å²) in [5.74, 6) is 0. The fourth-order valence-electron chi connectivity index (χ4n) is 3.22. The third-order valence-electron chi connectivity index (χ3n) is 4.42. The first-order valence-corrected chi connectivity index (χ1v) is 9.80. The Morgan fingerprint density at radius 2 is 1.95 bits per heavy atom. The van der Waals surface area contributed by atoms with Gasteiger partial charge in [-0.15, -0.1) is 11.3 Å². The van der Waals surface area contributed by atoms with Gasteiger partial charge in [0.2, 0.25) is 0 Å². The molecular weight excluding hydrogens is 308 g/mol. The topological polar surface area (TPSA) is 60.9 Å². The molecule has 2 saturated heterocycles. The summed E-state index contributed by atoms with van der Waals surface area (Å²) in [5.41, 5.74) is 0. The van der Waals surface area contributed by atoms with E-state index in [2.05, 4.69) is 4.90 Å². The average Bonchev–Trinajstić information content (AvgIpc) is 3.18. The van der Waals surface area contributed by atoms with Gasteiger partial charge in [-0.2, -0.15) is 4.31 Å². The number of hydrogen-bond donors (Lipinski definition) is 1. The van der Waals surface area contributed by atoms with Crippen LogP contribution in [-0.4, -0.2) is 55.0 Å². The van der Waals surface area contributed by atoms with E-state index < -0.39 is 10.0 Å². The second-order valence-electron chi connectivity index (χ2n) is 5.78. The molecule has 2 aliphatic rings. The Bertz CT molecular complexity index is 579. The monoisotopic (exact) mass is 330 g/mol. The fraction of sp³-hybridized carbons (Fsp3) is 0.714. The second kappa shape index (κ2) is 6.34. The smallest absolute Gasteiger partial charge is 0.252 e. The highest BCUT2D eigenvalue weighted by Crippen LogP contribution is 2.29. The molecule has 0 aliphatic carbocycles. The lowest BCUT2D eigenvalue weighted by molar-refractivity contribution is 0.169. The van der Waals surface area contributed by atoms with E-state index >= 15 is 0 Å². The van der Waals surface area contributed by atoms with Gasteiger partial charge < -0.3 is 5.11 Å². The molecular formula is C14H22N2O3S2. The van der Waals surface area contributed by atoms with E-state index in [1.807, 2.05) is 0 Å². The number of thiophene rings is 1. The summed E-state index contributed by atoms with van der Waals surface area (Å²) >= 11 is 1.17. The van der Waals surface area contributed by atoms with Crippen LogP contribution in [-0.2, 0) is 16.6 Å². The molecule has 1 aromatic heterocycles. The molecule has 1 unspecified atom stereocenters. The quantitative estimate of drug-likeness (QED) is 0.909. The third kappa shape index (κ3) is 3.17. The van der Waals surface area contributed by atoms with Crippen molar-refractivity contribution in [1.82, 2.24) is 9.21 Å². The van der Waals surface area contributed by atoms with Crippen molar-refractivity contribution < 1.29 is 13.5 Å². The molecule has 3 rings (SSSR count). The lowest BCUT2D eigenvalue weighted by atomic mass is 10.1. The Morgan fingerprint density at radius 1 is 1.19 bits per heavy atom. The fourth-order valence-corrected chi connectivity index (χ4v) is 6.08. The first-order valence-electron chi connectivity index (χ1n) is 7.55. The van der Waals surface area contributed by atoms with Crippen LogP contribution in [0.3, 0.4) is 0 Å². The molecule has 21 heavy (non-hydrogen) atoms. The van der Waals surface area contributed by atoms with Gasteiger partial charge in [-0.25, -0.2) is 8.42 Å². The number of sulfonamides is 1. The number of likely N-dealkylation sites (tertiary alicyclic amines) is 1. The van der Waals surface area contributed by atoms with Crippen LogP contribution in [0.5, 0.6) is 0 Å². The van der Waals surface area contributed by atoms with Crippen molar-refractivity contribution in [3.05, 3.63) is 17.0 Å². The summed E-state index contributed by atoms with van der Waals surface area (Å²) in [6.45, 7) is 3.32. The number of aliphatic hydroxyl groups excluding tert-OH is 1. The van der Waals surface area contributed by atoms with Crippen LogP contribution in [0.25, 0.3) is 0 Å². The highest BCUT2D eigenvalue weighted by molar-refractivity contribution is 7.91. The van der Waals surface area contributed by atoms with Crippen LogP contribution in [0.2, 0.25) is 0 Å². The number of rotatable bonds is 4. The number of nitrogens with zero attached hydrogens (tertiary/aromatic N) is 2. The molecule has 7 heteroatoms. The standard InChI is InChI=1S/C14H22N2O3S2/c17-11-13-4-5-14(20-13)21(18,19)16-9-6-12(10-16)15-7-2-1-3-8-15/h4-5,12,17H,1-3,6-11H2. The van der Waals surface area contributed by atoms with Crippen molar-refractivity contribution in [1.29, 1.82) is 0 Å². The summed E-state index contributed by atoms with van der Waals surface area (Å²) in [4.78, 5) is 3.15. The minimum Gasteiger partial charge on any atom is -0.391 e. The van der Waals surface area contributed by atoms with Gasteiger partial charge in [-0.05, 0) is 44.5 Å². The third-order valence-corrected chi connectivity index (χ3v) is 7.82. The first kappa shape index (κ1) is 15.4. The Labute approximate surface area is 130 Å². The van der Waals surface area contributed by atoms with Crippen LogP contribution in [0, 0.1) is 0 Å². The van der Waals surface area contributed by atoms with Crippen LogP contribution in [0.1, 0.15) is 30.6 Å². The molecule has 1 atom stereocenters.